The van der Waals surface area contributed by atoms with E-state index in [2.05, 4.69) is 21.1 Å². The molecule has 0 radical (unpaired) electrons. The Morgan fingerprint density at radius 3 is 2.26 bits per heavy atom. The Balaban J connectivity index is 2.20. The van der Waals surface area contributed by atoms with Crippen molar-refractivity contribution in [3.8, 4) is 11.1 Å². The van der Waals surface area contributed by atoms with Gasteiger partial charge in [0.05, 0.1) is 19.5 Å². The second-order valence-electron chi connectivity index (χ2n) is 6.08. The molecule has 2 N–H and O–H groups in total. The molecule has 0 spiro atoms. The van der Waals surface area contributed by atoms with Gasteiger partial charge in [-0.25, -0.2) is 21.9 Å². The molecule has 3 rings (SSSR count). The van der Waals surface area contributed by atoms with E-state index in [1.807, 2.05) is 0 Å². The molecule has 0 amide bonds. The fraction of sp³-hybridized carbons (Fsp3) is 0.176. The maximum Gasteiger partial charge on any atom is 0.242 e. The zero-order chi connectivity index (χ0) is 19.8. The summed E-state index contributed by atoms with van der Waals surface area (Å²) in [6.07, 6.45) is 0. The second kappa shape index (κ2) is 6.97. The third kappa shape index (κ3) is 3.69. The van der Waals surface area contributed by atoms with Gasteiger partial charge in [-0.2, -0.15) is 5.11 Å². The summed E-state index contributed by atoms with van der Waals surface area (Å²) in [5, 5.41) is 13.6. The molecular weight excluding hydrogens is 386 g/mol. The van der Waals surface area contributed by atoms with Crippen molar-refractivity contribution in [3.63, 3.8) is 0 Å². The number of rotatable bonds is 5. The molecule has 1 aliphatic rings. The smallest absolute Gasteiger partial charge is 0.242 e. The van der Waals surface area contributed by atoms with Crippen LogP contribution in [0.5, 0.6) is 0 Å². The Morgan fingerprint density at radius 2 is 1.74 bits per heavy atom. The van der Waals surface area contributed by atoms with Crippen molar-refractivity contribution in [3.05, 3.63) is 48.0 Å². The van der Waals surface area contributed by atoms with Gasteiger partial charge in [0, 0.05) is 19.7 Å². The molecule has 1 aliphatic heterocycles. The highest BCUT2D eigenvalue weighted by atomic mass is 32.2. The zero-order valence-electron chi connectivity index (χ0n) is 14.9. The van der Waals surface area contributed by atoms with Gasteiger partial charge in [0.25, 0.3) is 0 Å². The third-order valence-electron chi connectivity index (χ3n) is 4.02. The third-order valence-corrected chi connectivity index (χ3v) is 6.93. The van der Waals surface area contributed by atoms with E-state index in [4.69, 9.17) is 5.14 Å². The molecule has 0 aliphatic carbocycles. The van der Waals surface area contributed by atoms with Gasteiger partial charge in [-0.15, -0.1) is 5.11 Å². The molecule has 0 saturated heterocycles. The molecule has 2 aromatic rings. The van der Waals surface area contributed by atoms with Crippen molar-refractivity contribution in [1.82, 2.24) is 4.31 Å². The summed E-state index contributed by atoms with van der Waals surface area (Å²) in [5.41, 5.74) is 1.87. The zero-order valence-corrected chi connectivity index (χ0v) is 16.5. The highest BCUT2D eigenvalue weighted by molar-refractivity contribution is 7.98. The first-order chi connectivity index (χ1) is 12.6. The fourth-order valence-electron chi connectivity index (χ4n) is 2.67. The maximum absolute atomic E-state index is 12.5. The summed E-state index contributed by atoms with van der Waals surface area (Å²) in [5.74, 6) is 3.89. The summed E-state index contributed by atoms with van der Waals surface area (Å²) >= 11 is 0. The normalized spacial score (nSPS) is 16.4. The number of hydrogen-bond acceptors (Lipinski definition) is 6. The molecule has 1 atom stereocenters. The van der Waals surface area contributed by atoms with Gasteiger partial charge in [0.15, 0.2) is 12.5 Å². The van der Waals surface area contributed by atoms with Gasteiger partial charge < -0.3 is 0 Å². The molecule has 0 fully saturated rings. The van der Waals surface area contributed by atoms with Crippen LogP contribution in [-0.2, 0) is 19.7 Å². The van der Waals surface area contributed by atoms with Crippen molar-refractivity contribution < 1.29 is 12.6 Å². The molecule has 0 bridgehead atoms. The first-order valence-electron chi connectivity index (χ1n) is 7.85. The number of nitrogens with zero attached hydrogens (tertiary/aromatic N) is 4. The van der Waals surface area contributed by atoms with Crippen LogP contribution in [0.1, 0.15) is 5.56 Å². The molecule has 10 heteroatoms. The minimum atomic E-state index is -3.53. The van der Waals surface area contributed by atoms with Gasteiger partial charge in [-0.3, -0.25) is 5.14 Å². The number of benzene rings is 2. The second-order valence-corrected chi connectivity index (χ2v) is 10.1. The van der Waals surface area contributed by atoms with Gasteiger partial charge in [-0.05, 0) is 35.2 Å². The minimum Gasteiger partial charge on any atom is -0.256 e. The number of sulfonamides is 1. The Hall–Kier alpha value is -2.40. The average Bonchev–Trinajstić information content (AvgIpc) is 3.14. The first kappa shape index (κ1) is 19.4. The SMILES string of the molecule is C=S(N)(=O)c1cccc(-c2ccc(S(=O)(=O)N(C)C)cc2)c1C1=NCN=N1. The lowest BCUT2D eigenvalue weighted by molar-refractivity contribution is 0.521. The summed E-state index contributed by atoms with van der Waals surface area (Å²) in [4.78, 5) is 4.71. The van der Waals surface area contributed by atoms with E-state index in [1.165, 1.54) is 26.2 Å². The Kier molecular flexibility index (Phi) is 5.00. The van der Waals surface area contributed by atoms with Crippen molar-refractivity contribution in [2.24, 2.45) is 20.4 Å². The lowest BCUT2D eigenvalue weighted by Gasteiger charge is -2.15. The molecule has 0 saturated carbocycles. The summed E-state index contributed by atoms with van der Waals surface area (Å²) in [7, 11) is -3.62. The Bertz CT molecular complexity index is 1150. The topological polar surface area (TPSA) is 118 Å². The monoisotopic (exact) mass is 405 g/mol. The van der Waals surface area contributed by atoms with Crippen LogP contribution < -0.4 is 5.14 Å². The number of amidine groups is 1. The van der Waals surface area contributed by atoms with E-state index in [1.54, 1.807) is 30.3 Å². The molecule has 1 heterocycles. The first-order valence-corrected chi connectivity index (χ1v) is 11.1. The molecular formula is C17H19N5O3S2. The highest BCUT2D eigenvalue weighted by Gasteiger charge is 2.22. The van der Waals surface area contributed by atoms with Gasteiger partial charge in [-0.1, -0.05) is 24.3 Å². The summed E-state index contributed by atoms with van der Waals surface area (Å²) in [6, 6.07) is 11.5. The van der Waals surface area contributed by atoms with Crippen LogP contribution in [0.4, 0.5) is 0 Å². The minimum absolute atomic E-state index is 0.173. The van der Waals surface area contributed by atoms with E-state index in [0.717, 1.165) is 4.31 Å². The maximum atomic E-state index is 12.5. The molecule has 0 aromatic heterocycles. The number of azo groups is 1. The van der Waals surface area contributed by atoms with Crippen LogP contribution in [0.25, 0.3) is 11.1 Å². The van der Waals surface area contributed by atoms with Crippen LogP contribution in [0.2, 0.25) is 0 Å². The highest BCUT2D eigenvalue weighted by Crippen LogP contribution is 2.31. The molecule has 1 unspecified atom stereocenters. The molecule has 2 aromatic carbocycles. The largest absolute Gasteiger partial charge is 0.256 e. The predicted molar refractivity (Wildman–Crippen MR) is 107 cm³/mol. The quantitative estimate of drug-likeness (QED) is 0.763. The average molecular weight is 406 g/mol. The van der Waals surface area contributed by atoms with Crippen molar-refractivity contribution in [2.75, 3.05) is 20.8 Å². The lowest BCUT2D eigenvalue weighted by atomic mass is 9.99. The van der Waals surface area contributed by atoms with Gasteiger partial charge in [0.2, 0.25) is 10.0 Å². The Morgan fingerprint density at radius 1 is 1.07 bits per heavy atom. The number of nitrogens with two attached hydrogens (primary N) is 1. The van der Waals surface area contributed by atoms with Gasteiger partial charge >= 0.3 is 0 Å². The van der Waals surface area contributed by atoms with E-state index in [9.17, 15) is 12.6 Å². The van der Waals surface area contributed by atoms with Crippen LogP contribution in [-0.4, -0.2) is 49.4 Å². The lowest BCUT2D eigenvalue weighted by Crippen LogP contribution is -2.22. The standard InChI is InChI=1S/C17H19N5O3S2/c1-22(2)27(24,25)13-9-7-12(8-10-13)14-5-4-6-15(26(3,18)23)16(14)17-19-11-20-21-17/h4-10H,3,11H2,1-2H3,(H2,18,23). The molecule has 8 nitrogen and oxygen atoms in total. The summed E-state index contributed by atoms with van der Waals surface area (Å²) < 4.78 is 38.1. The van der Waals surface area contributed by atoms with Crippen molar-refractivity contribution >= 4 is 31.4 Å². The van der Waals surface area contributed by atoms with E-state index in [0.29, 0.717) is 27.4 Å². The van der Waals surface area contributed by atoms with Crippen LogP contribution >= 0.6 is 0 Å². The van der Waals surface area contributed by atoms with Crippen LogP contribution in [0.3, 0.4) is 0 Å². The molecule has 142 valence electrons. The van der Waals surface area contributed by atoms with Crippen molar-refractivity contribution in [2.45, 2.75) is 9.79 Å². The predicted octanol–water partition coefficient (Wildman–Crippen LogP) is 1.72. The van der Waals surface area contributed by atoms with E-state index < -0.39 is 19.7 Å². The number of aliphatic imine (C=N–C) groups is 1. The fourth-order valence-corrected chi connectivity index (χ4v) is 4.42. The van der Waals surface area contributed by atoms with E-state index in [-0.39, 0.29) is 11.6 Å². The van der Waals surface area contributed by atoms with Crippen LogP contribution in [0, 0.1) is 0 Å². The van der Waals surface area contributed by atoms with Crippen molar-refractivity contribution in [1.29, 1.82) is 0 Å². The number of hydrogen-bond donors (Lipinski definition) is 1. The Labute approximate surface area is 158 Å². The van der Waals surface area contributed by atoms with Gasteiger partial charge in [0.1, 0.15) is 0 Å². The summed E-state index contributed by atoms with van der Waals surface area (Å²) in [6.45, 7) is 0.187. The van der Waals surface area contributed by atoms with E-state index >= 15 is 0 Å². The van der Waals surface area contributed by atoms with Crippen LogP contribution in [0.15, 0.2) is 67.5 Å². The molecule has 27 heavy (non-hydrogen) atoms.